The van der Waals surface area contributed by atoms with Crippen LogP contribution in [0.5, 0.6) is 11.5 Å². The Morgan fingerprint density at radius 1 is 1.14 bits per heavy atom. The molecule has 0 spiro atoms. The molecule has 1 atom stereocenters. The average Bonchev–Trinajstić information content (AvgIpc) is 2.72. The van der Waals surface area contributed by atoms with Crippen molar-refractivity contribution in [3.05, 3.63) is 23.8 Å². The number of likely N-dealkylation sites (tertiary alicyclic amines) is 1. The summed E-state index contributed by atoms with van der Waals surface area (Å²) >= 11 is 0. The SMILES string of the molecule is CCC1CCCCN1CCNC(=NC)NCCc1ccc(OC)c(OC)c1.I. The zero-order chi connectivity index (χ0) is 19.5. The number of aliphatic imine (C=N–C) groups is 1. The van der Waals surface area contributed by atoms with E-state index in [4.69, 9.17) is 9.47 Å². The summed E-state index contributed by atoms with van der Waals surface area (Å²) in [6, 6.07) is 6.79. The minimum Gasteiger partial charge on any atom is -0.493 e. The van der Waals surface area contributed by atoms with Gasteiger partial charge < -0.3 is 20.1 Å². The predicted molar refractivity (Wildman–Crippen MR) is 128 cm³/mol. The Kier molecular flexibility index (Phi) is 12.3. The van der Waals surface area contributed by atoms with Crippen LogP contribution in [0.25, 0.3) is 0 Å². The van der Waals surface area contributed by atoms with Gasteiger partial charge in [-0.25, -0.2) is 0 Å². The fraction of sp³-hybridized carbons (Fsp3) is 0.667. The Labute approximate surface area is 187 Å². The van der Waals surface area contributed by atoms with Crippen LogP contribution in [0, 0.1) is 0 Å². The highest BCUT2D eigenvalue weighted by atomic mass is 127. The Morgan fingerprint density at radius 2 is 1.89 bits per heavy atom. The molecule has 0 bridgehead atoms. The molecule has 0 saturated carbocycles. The summed E-state index contributed by atoms with van der Waals surface area (Å²) in [5, 5.41) is 6.84. The van der Waals surface area contributed by atoms with E-state index in [2.05, 4.69) is 33.5 Å². The molecule has 2 rings (SSSR count). The van der Waals surface area contributed by atoms with Crippen molar-refractivity contribution in [3.8, 4) is 11.5 Å². The van der Waals surface area contributed by atoms with Crippen molar-refractivity contribution < 1.29 is 9.47 Å². The molecule has 160 valence electrons. The summed E-state index contributed by atoms with van der Waals surface area (Å²) in [6.45, 7) is 6.34. The monoisotopic (exact) mass is 504 g/mol. The third kappa shape index (κ3) is 7.66. The number of guanidine groups is 1. The molecule has 1 aromatic rings. The van der Waals surface area contributed by atoms with Gasteiger partial charge in [0.2, 0.25) is 0 Å². The van der Waals surface area contributed by atoms with Crippen molar-refractivity contribution in [2.45, 2.75) is 45.1 Å². The second-order valence-electron chi connectivity index (χ2n) is 6.96. The lowest BCUT2D eigenvalue weighted by atomic mass is 10.0. The Morgan fingerprint density at radius 3 is 2.57 bits per heavy atom. The van der Waals surface area contributed by atoms with Gasteiger partial charge in [-0.1, -0.05) is 19.4 Å². The van der Waals surface area contributed by atoms with Gasteiger partial charge in [0.05, 0.1) is 14.2 Å². The molecule has 0 aliphatic carbocycles. The standard InChI is InChI=1S/C21H36N4O2.HI/c1-5-18-8-6-7-14-25(18)15-13-24-21(22-2)23-12-11-17-9-10-19(26-3)20(16-17)27-4;/h9-10,16,18H,5-8,11-15H2,1-4H3,(H2,22,23,24);1H. The number of piperidine rings is 1. The van der Waals surface area contributed by atoms with Crippen LogP contribution in [0.1, 0.15) is 38.2 Å². The first-order valence-electron chi connectivity index (χ1n) is 10.1. The van der Waals surface area contributed by atoms with Crippen molar-refractivity contribution in [3.63, 3.8) is 0 Å². The maximum atomic E-state index is 5.37. The van der Waals surface area contributed by atoms with Gasteiger partial charge in [-0.3, -0.25) is 9.89 Å². The minimum atomic E-state index is 0. The molecule has 2 N–H and O–H groups in total. The first-order valence-corrected chi connectivity index (χ1v) is 10.1. The summed E-state index contributed by atoms with van der Waals surface area (Å²) in [5.74, 6) is 2.39. The average molecular weight is 504 g/mol. The molecule has 0 radical (unpaired) electrons. The Hall–Kier alpha value is -1.22. The number of halogens is 1. The number of ether oxygens (including phenoxy) is 2. The van der Waals surface area contributed by atoms with Crippen molar-refractivity contribution >= 4 is 29.9 Å². The van der Waals surface area contributed by atoms with Gasteiger partial charge in [0.25, 0.3) is 0 Å². The number of hydrogen-bond acceptors (Lipinski definition) is 4. The molecule has 1 fully saturated rings. The van der Waals surface area contributed by atoms with E-state index in [1.54, 1.807) is 14.2 Å². The summed E-state index contributed by atoms with van der Waals surface area (Å²) in [4.78, 5) is 6.95. The highest BCUT2D eigenvalue weighted by Gasteiger charge is 2.19. The molecule has 0 amide bonds. The van der Waals surface area contributed by atoms with Crippen LogP contribution < -0.4 is 20.1 Å². The summed E-state index contributed by atoms with van der Waals surface area (Å²) in [7, 11) is 5.14. The van der Waals surface area contributed by atoms with E-state index in [9.17, 15) is 0 Å². The number of nitrogens with one attached hydrogen (secondary N) is 2. The van der Waals surface area contributed by atoms with Gasteiger partial charge in [0.1, 0.15) is 0 Å². The molecule has 1 saturated heterocycles. The zero-order valence-electron chi connectivity index (χ0n) is 17.8. The second-order valence-corrected chi connectivity index (χ2v) is 6.96. The van der Waals surface area contributed by atoms with E-state index < -0.39 is 0 Å². The number of rotatable bonds is 9. The van der Waals surface area contributed by atoms with Gasteiger partial charge in [0, 0.05) is 32.7 Å². The van der Waals surface area contributed by atoms with Crippen molar-refractivity contribution in [2.75, 3.05) is 47.4 Å². The largest absolute Gasteiger partial charge is 0.493 e. The maximum absolute atomic E-state index is 5.37. The van der Waals surface area contributed by atoms with Crippen molar-refractivity contribution in [2.24, 2.45) is 4.99 Å². The van der Waals surface area contributed by atoms with Crippen LogP contribution in [0.4, 0.5) is 0 Å². The third-order valence-corrected chi connectivity index (χ3v) is 5.29. The molecule has 0 aromatic heterocycles. The highest BCUT2D eigenvalue weighted by molar-refractivity contribution is 14.0. The van der Waals surface area contributed by atoms with E-state index in [0.717, 1.165) is 49.6 Å². The lowest BCUT2D eigenvalue weighted by Crippen LogP contribution is -2.46. The maximum Gasteiger partial charge on any atom is 0.191 e. The molecule has 1 aliphatic heterocycles. The van der Waals surface area contributed by atoms with Crippen LogP contribution in [0.15, 0.2) is 23.2 Å². The number of benzene rings is 1. The summed E-state index contributed by atoms with van der Waals surface area (Å²) in [5.41, 5.74) is 1.20. The Balaban J connectivity index is 0.00000392. The Bertz CT molecular complexity index is 598. The smallest absolute Gasteiger partial charge is 0.191 e. The molecular weight excluding hydrogens is 467 g/mol. The van der Waals surface area contributed by atoms with Gasteiger partial charge in [-0.2, -0.15) is 0 Å². The molecule has 1 heterocycles. The molecule has 28 heavy (non-hydrogen) atoms. The summed E-state index contributed by atoms with van der Waals surface area (Å²) < 4.78 is 10.7. The van der Waals surface area contributed by atoms with E-state index in [-0.39, 0.29) is 24.0 Å². The molecule has 7 heteroatoms. The second kappa shape index (κ2) is 13.9. The van der Waals surface area contributed by atoms with Crippen molar-refractivity contribution in [1.29, 1.82) is 0 Å². The first-order chi connectivity index (χ1) is 13.2. The normalized spacial score (nSPS) is 17.6. The van der Waals surface area contributed by atoms with Gasteiger partial charge in [0.15, 0.2) is 17.5 Å². The van der Waals surface area contributed by atoms with E-state index in [1.165, 1.54) is 37.8 Å². The zero-order valence-corrected chi connectivity index (χ0v) is 20.1. The van der Waals surface area contributed by atoms with Gasteiger partial charge in [-0.05, 0) is 49.9 Å². The van der Waals surface area contributed by atoms with Crippen LogP contribution >= 0.6 is 24.0 Å². The lowest BCUT2D eigenvalue weighted by Gasteiger charge is -2.35. The number of nitrogens with zero attached hydrogens (tertiary/aromatic N) is 2. The number of hydrogen-bond donors (Lipinski definition) is 2. The molecule has 1 aliphatic rings. The van der Waals surface area contributed by atoms with E-state index >= 15 is 0 Å². The van der Waals surface area contributed by atoms with E-state index in [1.807, 2.05) is 19.2 Å². The molecular formula is C21H37IN4O2. The molecule has 1 aromatic carbocycles. The van der Waals surface area contributed by atoms with Crippen LogP contribution in [0.2, 0.25) is 0 Å². The fourth-order valence-corrected chi connectivity index (χ4v) is 3.72. The van der Waals surface area contributed by atoms with Crippen molar-refractivity contribution in [1.82, 2.24) is 15.5 Å². The van der Waals surface area contributed by atoms with Crippen LogP contribution in [0.3, 0.4) is 0 Å². The minimum absolute atomic E-state index is 0. The van der Waals surface area contributed by atoms with Crippen LogP contribution in [-0.2, 0) is 6.42 Å². The predicted octanol–water partition coefficient (Wildman–Crippen LogP) is 3.29. The molecule has 6 nitrogen and oxygen atoms in total. The first kappa shape index (κ1) is 24.8. The highest BCUT2D eigenvalue weighted by Crippen LogP contribution is 2.27. The number of methoxy groups -OCH3 is 2. The fourth-order valence-electron chi connectivity index (χ4n) is 3.72. The topological polar surface area (TPSA) is 58.1 Å². The van der Waals surface area contributed by atoms with Gasteiger partial charge >= 0.3 is 0 Å². The lowest BCUT2D eigenvalue weighted by molar-refractivity contribution is 0.147. The quantitative estimate of drug-likeness (QED) is 0.307. The summed E-state index contributed by atoms with van der Waals surface area (Å²) in [6.07, 6.45) is 6.19. The van der Waals surface area contributed by atoms with E-state index in [0.29, 0.717) is 0 Å². The third-order valence-electron chi connectivity index (χ3n) is 5.29. The van der Waals surface area contributed by atoms with Crippen LogP contribution in [-0.4, -0.2) is 64.3 Å². The molecule has 1 unspecified atom stereocenters. The van der Waals surface area contributed by atoms with Gasteiger partial charge in [-0.15, -0.1) is 24.0 Å².